The highest BCUT2D eigenvalue weighted by molar-refractivity contribution is 7.85. The summed E-state index contributed by atoms with van der Waals surface area (Å²) in [6.45, 7) is 8.80. The summed E-state index contributed by atoms with van der Waals surface area (Å²) in [5, 5.41) is 0.783. The summed E-state index contributed by atoms with van der Waals surface area (Å²) in [5.41, 5.74) is 0.372. The van der Waals surface area contributed by atoms with E-state index in [4.69, 9.17) is 12.6 Å². The maximum atomic E-state index is 4.74. The van der Waals surface area contributed by atoms with Gasteiger partial charge < -0.3 is 0 Å². The van der Waals surface area contributed by atoms with Crippen molar-refractivity contribution in [1.82, 2.24) is 0 Å². The molecule has 0 aromatic rings. The zero-order chi connectivity index (χ0) is 10.4. The minimum absolute atomic E-state index is 0.0366. The lowest BCUT2D eigenvalue weighted by atomic mass is 9.92. The molecule has 78 valence electrons. The average molecular weight is 236 g/mol. The summed E-state index contributed by atoms with van der Waals surface area (Å²) in [5.74, 6) is 0.656. The van der Waals surface area contributed by atoms with Crippen LogP contribution in [0.4, 0.5) is 0 Å². The molecule has 0 nitrogen and oxygen atoms in total. The minimum atomic E-state index is 0.0366. The fourth-order valence-electron chi connectivity index (χ4n) is 2.01. The molecule has 0 N–H and O–H groups in total. The Bertz CT molecular complexity index is 198. The van der Waals surface area contributed by atoms with Crippen LogP contribution in [0.2, 0.25) is 0 Å². The third-order valence-electron chi connectivity index (χ3n) is 3.79. The number of rotatable bonds is 3. The number of hydrogen-bond acceptors (Lipinski definition) is 3. The van der Waals surface area contributed by atoms with Crippen LogP contribution in [0, 0.1) is 11.3 Å². The Labute approximate surface area is 98.5 Å². The molecular formula is C10H20S3. The first-order valence-corrected chi connectivity index (χ1v) is 6.29. The second kappa shape index (κ2) is 3.57. The Balaban J connectivity index is 2.70. The molecule has 0 aromatic heterocycles. The van der Waals surface area contributed by atoms with Crippen molar-refractivity contribution < 1.29 is 0 Å². The molecule has 3 heteroatoms. The monoisotopic (exact) mass is 236 g/mol. The first-order valence-electron chi connectivity index (χ1n) is 4.81. The van der Waals surface area contributed by atoms with Gasteiger partial charge in [0, 0.05) is 15.2 Å². The molecule has 0 heterocycles. The maximum absolute atomic E-state index is 4.74. The van der Waals surface area contributed by atoms with Crippen molar-refractivity contribution in [2.75, 3.05) is 0 Å². The van der Waals surface area contributed by atoms with Crippen LogP contribution in [0.15, 0.2) is 0 Å². The van der Waals surface area contributed by atoms with Crippen molar-refractivity contribution in [3.8, 4) is 0 Å². The van der Waals surface area contributed by atoms with Gasteiger partial charge in [-0.1, -0.05) is 20.8 Å². The highest BCUT2D eigenvalue weighted by atomic mass is 32.1. The molecule has 13 heavy (non-hydrogen) atoms. The molecule has 0 aliphatic heterocycles. The average Bonchev–Trinajstić information content (AvgIpc) is 2.64. The predicted octanol–water partition coefficient (Wildman–Crippen LogP) is 3.34. The summed E-state index contributed by atoms with van der Waals surface area (Å²) in [6, 6.07) is 0. The van der Waals surface area contributed by atoms with Gasteiger partial charge in [-0.15, -0.1) is 0 Å². The van der Waals surface area contributed by atoms with E-state index in [0.29, 0.717) is 21.8 Å². The van der Waals surface area contributed by atoms with Crippen molar-refractivity contribution in [3.05, 3.63) is 0 Å². The molecule has 1 fully saturated rings. The van der Waals surface area contributed by atoms with E-state index in [1.165, 1.54) is 6.42 Å². The lowest BCUT2D eigenvalue weighted by Crippen LogP contribution is -2.33. The Kier molecular flexibility index (Phi) is 3.33. The Morgan fingerprint density at radius 2 is 1.85 bits per heavy atom. The first-order chi connectivity index (χ1) is 5.73. The second-order valence-corrected chi connectivity index (χ2v) is 7.35. The van der Waals surface area contributed by atoms with E-state index in [1.54, 1.807) is 0 Å². The van der Waals surface area contributed by atoms with Gasteiger partial charge in [0.1, 0.15) is 0 Å². The molecule has 0 saturated heterocycles. The lowest BCUT2D eigenvalue weighted by molar-refractivity contribution is 0.430. The predicted molar refractivity (Wildman–Crippen MR) is 70.5 cm³/mol. The topological polar surface area (TPSA) is 0 Å². The molecule has 1 rings (SSSR count). The number of thiol groups is 3. The fraction of sp³-hybridized carbons (Fsp3) is 1.00. The molecule has 5 atom stereocenters. The van der Waals surface area contributed by atoms with Crippen molar-refractivity contribution in [2.24, 2.45) is 11.3 Å². The van der Waals surface area contributed by atoms with Crippen LogP contribution in [-0.2, 0) is 0 Å². The highest BCUT2D eigenvalue weighted by Gasteiger charge is 2.60. The summed E-state index contributed by atoms with van der Waals surface area (Å²) in [6.07, 6.45) is 1.24. The quantitative estimate of drug-likeness (QED) is 0.615. The van der Waals surface area contributed by atoms with E-state index >= 15 is 0 Å². The van der Waals surface area contributed by atoms with Crippen molar-refractivity contribution in [3.63, 3.8) is 0 Å². The molecule has 1 saturated carbocycles. The van der Waals surface area contributed by atoms with Crippen LogP contribution in [0.1, 0.15) is 34.1 Å². The summed E-state index contributed by atoms with van der Waals surface area (Å²) in [4.78, 5) is 0. The Morgan fingerprint density at radius 1 is 1.38 bits per heavy atom. The van der Waals surface area contributed by atoms with Gasteiger partial charge in [-0.3, -0.25) is 0 Å². The van der Waals surface area contributed by atoms with Crippen LogP contribution >= 0.6 is 37.9 Å². The molecule has 0 spiro atoms. The minimum Gasteiger partial charge on any atom is -0.176 e. The Hall–Kier alpha value is 1.05. The summed E-state index contributed by atoms with van der Waals surface area (Å²) in [7, 11) is 0. The van der Waals surface area contributed by atoms with Gasteiger partial charge in [-0.25, -0.2) is 0 Å². The second-order valence-electron chi connectivity index (χ2n) is 4.84. The standard InChI is InChI=1S/C10H20S3/c1-6(11)9(3)5-8(9)10(4,13)7(2)12/h6-8,11-13H,5H2,1-4H3. The first kappa shape index (κ1) is 12.1. The molecule has 1 aliphatic rings. The Morgan fingerprint density at radius 3 is 2.08 bits per heavy atom. The van der Waals surface area contributed by atoms with Gasteiger partial charge in [0.25, 0.3) is 0 Å². The number of hydrogen-bond donors (Lipinski definition) is 3. The van der Waals surface area contributed by atoms with Gasteiger partial charge in [-0.2, -0.15) is 37.9 Å². The van der Waals surface area contributed by atoms with Crippen LogP contribution in [-0.4, -0.2) is 15.2 Å². The van der Waals surface area contributed by atoms with Gasteiger partial charge in [0.15, 0.2) is 0 Å². The van der Waals surface area contributed by atoms with Crippen molar-refractivity contribution in [2.45, 2.75) is 49.4 Å². The van der Waals surface area contributed by atoms with E-state index in [9.17, 15) is 0 Å². The van der Waals surface area contributed by atoms with Crippen molar-refractivity contribution in [1.29, 1.82) is 0 Å². The molecule has 5 unspecified atom stereocenters. The SMILES string of the molecule is CC(S)C(C)(S)C1CC1(C)C(C)S. The van der Waals surface area contributed by atoms with E-state index in [-0.39, 0.29) is 4.75 Å². The van der Waals surface area contributed by atoms with E-state index in [1.807, 2.05) is 0 Å². The van der Waals surface area contributed by atoms with Gasteiger partial charge in [0.05, 0.1) is 0 Å². The fourth-order valence-corrected chi connectivity index (χ4v) is 2.86. The summed E-state index contributed by atoms with van der Waals surface area (Å²) < 4.78 is 0.0366. The molecule has 1 aliphatic carbocycles. The highest BCUT2D eigenvalue weighted by Crippen LogP contribution is 2.63. The van der Waals surface area contributed by atoms with Gasteiger partial charge in [-0.05, 0) is 24.7 Å². The van der Waals surface area contributed by atoms with E-state index in [2.05, 4.69) is 53.0 Å². The van der Waals surface area contributed by atoms with Crippen molar-refractivity contribution >= 4 is 37.9 Å². The molecule has 0 amide bonds. The molecule has 0 aromatic carbocycles. The molecule has 0 radical (unpaired) electrons. The van der Waals surface area contributed by atoms with Gasteiger partial charge >= 0.3 is 0 Å². The van der Waals surface area contributed by atoms with Gasteiger partial charge in [0.2, 0.25) is 0 Å². The maximum Gasteiger partial charge on any atom is 0.0249 e. The molecule has 0 bridgehead atoms. The third-order valence-corrected chi connectivity index (χ3v) is 5.81. The van der Waals surface area contributed by atoms with Crippen LogP contribution < -0.4 is 0 Å². The van der Waals surface area contributed by atoms with Crippen LogP contribution in [0.25, 0.3) is 0 Å². The van der Waals surface area contributed by atoms with Crippen LogP contribution in [0.5, 0.6) is 0 Å². The zero-order valence-corrected chi connectivity index (χ0v) is 11.5. The molecular weight excluding hydrogens is 216 g/mol. The van der Waals surface area contributed by atoms with Crippen LogP contribution in [0.3, 0.4) is 0 Å². The van der Waals surface area contributed by atoms with E-state index < -0.39 is 0 Å². The largest absolute Gasteiger partial charge is 0.176 e. The summed E-state index contributed by atoms with van der Waals surface area (Å²) >= 11 is 13.8. The van der Waals surface area contributed by atoms with E-state index in [0.717, 1.165) is 0 Å². The zero-order valence-electron chi connectivity index (χ0n) is 8.78. The normalized spacial score (nSPS) is 42.2. The lowest BCUT2D eigenvalue weighted by Gasteiger charge is -2.31. The third kappa shape index (κ3) is 2.03. The smallest absolute Gasteiger partial charge is 0.0249 e.